The summed E-state index contributed by atoms with van der Waals surface area (Å²) in [6, 6.07) is 11.0. The van der Waals surface area contributed by atoms with Crippen molar-refractivity contribution in [3.63, 3.8) is 0 Å². The van der Waals surface area contributed by atoms with Crippen LogP contribution in [0.2, 0.25) is 0 Å². The van der Waals surface area contributed by atoms with Gasteiger partial charge >= 0.3 is 0 Å². The topological polar surface area (TPSA) is 64.2 Å². The van der Waals surface area contributed by atoms with Gasteiger partial charge in [-0.2, -0.15) is 0 Å². The van der Waals surface area contributed by atoms with E-state index < -0.39 is 0 Å². The maximum atomic E-state index is 5.47. The molecule has 2 atom stereocenters. The molecule has 5 heterocycles. The fraction of sp³-hybridized carbons (Fsp3) is 0.400. The van der Waals surface area contributed by atoms with Crippen molar-refractivity contribution in [1.82, 2.24) is 34.1 Å². The molecule has 33 heavy (non-hydrogen) atoms. The van der Waals surface area contributed by atoms with Gasteiger partial charge in [0, 0.05) is 38.9 Å². The van der Waals surface area contributed by atoms with E-state index in [0.29, 0.717) is 0 Å². The van der Waals surface area contributed by atoms with Gasteiger partial charge in [0.15, 0.2) is 5.82 Å². The SMILES string of the molecule is Cc1nnc2n1C1C=C(c3cn(CCN4CCOCC4)cn3)N(Cc3ccccc3)C1C=C2. The average Bonchev–Trinajstić information content (AvgIpc) is 3.57. The molecule has 2 aromatic heterocycles. The molecular weight excluding hydrogens is 414 g/mol. The maximum Gasteiger partial charge on any atom is 0.157 e. The standard InChI is InChI=1S/C25H29N7O/c1-19-27-28-25-8-7-22-24(32(19)25)15-23(31(22)16-20-5-3-2-4-6-20)21-17-30(18-26-21)10-9-29-11-13-33-14-12-29/h2-8,15,17-18,22,24H,9-14,16H2,1H3. The summed E-state index contributed by atoms with van der Waals surface area (Å²) in [4.78, 5) is 9.74. The second-order valence-corrected chi connectivity index (χ2v) is 8.93. The van der Waals surface area contributed by atoms with Crippen LogP contribution < -0.4 is 0 Å². The minimum atomic E-state index is 0.164. The van der Waals surface area contributed by atoms with Crippen molar-refractivity contribution in [3.05, 3.63) is 77.9 Å². The molecule has 3 aliphatic rings. The summed E-state index contributed by atoms with van der Waals surface area (Å²) >= 11 is 0. The number of rotatable bonds is 6. The van der Waals surface area contributed by atoms with Gasteiger partial charge < -0.3 is 18.8 Å². The van der Waals surface area contributed by atoms with E-state index in [4.69, 9.17) is 9.72 Å². The first-order chi connectivity index (χ1) is 16.3. The number of nitrogens with zero attached hydrogens (tertiary/aromatic N) is 7. The van der Waals surface area contributed by atoms with Crippen LogP contribution in [0.25, 0.3) is 11.8 Å². The number of aryl methyl sites for hydroxylation is 1. The summed E-state index contributed by atoms with van der Waals surface area (Å²) < 4.78 is 9.92. The Balaban J connectivity index is 1.28. The summed E-state index contributed by atoms with van der Waals surface area (Å²) in [5, 5.41) is 8.66. The maximum absolute atomic E-state index is 5.47. The Morgan fingerprint density at radius 3 is 2.73 bits per heavy atom. The van der Waals surface area contributed by atoms with Gasteiger partial charge in [-0.15, -0.1) is 10.2 Å². The Hall–Kier alpha value is -3.23. The fourth-order valence-electron chi connectivity index (χ4n) is 5.10. The van der Waals surface area contributed by atoms with Crippen LogP contribution in [-0.2, 0) is 17.8 Å². The molecule has 8 heteroatoms. The molecule has 1 saturated heterocycles. The summed E-state index contributed by atoms with van der Waals surface area (Å²) in [7, 11) is 0. The molecule has 0 N–H and O–H groups in total. The largest absolute Gasteiger partial charge is 0.379 e. The highest BCUT2D eigenvalue weighted by Gasteiger charge is 2.38. The zero-order chi connectivity index (χ0) is 22.2. The van der Waals surface area contributed by atoms with Gasteiger partial charge in [0.05, 0.1) is 37.3 Å². The van der Waals surface area contributed by atoms with Crippen LogP contribution in [-0.4, -0.2) is 73.0 Å². The summed E-state index contributed by atoms with van der Waals surface area (Å²) in [5.41, 5.74) is 3.48. The Kier molecular flexibility index (Phi) is 5.32. The molecule has 3 aromatic rings. The quantitative estimate of drug-likeness (QED) is 0.584. The second-order valence-electron chi connectivity index (χ2n) is 8.93. The van der Waals surface area contributed by atoms with Crippen molar-refractivity contribution >= 4 is 11.8 Å². The molecule has 0 spiro atoms. The molecule has 8 nitrogen and oxygen atoms in total. The van der Waals surface area contributed by atoms with Gasteiger partial charge in [0.25, 0.3) is 0 Å². The highest BCUT2D eigenvalue weighted by Crippen LogP contribution is 2.41. The molecule has 170 valence electrons. The second kappa shape index (κ2) is 8.61. The Morgan fingerprint density at radius 2 is 1.88 bits per heavy atom. The molecule has 0 amide bonds. The van der Waals surface area contributed by atoms with E-state index in [-0.39, 0.29) is 12.1 Å². The van der Waals surface area contributed by atoms with Crippen LogP contribution in [0.4, 0.5) is 0 Å². The van der Waals surface area contributed by atoms with Crippen molar-refractivity contribution in [3.8, 4) is 0 Å². The van der Waals surface area contributed by atoms with Crippen molar-refractivity contribution < 1.29 is 4.74 Å². The third-order valence-corrected chi connectivity index (χ3v) is 6.85. The molecule has 3 aliphatic heterocycles. The number of imidazole rings is 1. The average molecular weight is 444 g/mol. The predicted octanol–water partition coefficient (Wildman–Crippen LogP) is 2.61. The Labute approximate surface area is 193 Å². The van der Waals surface area contributed by atoms with Gasteiger partial charge in [0.1, 0.15) is 11.5 Å². The number of hydrogen-bond donors (Lipinski definition) is 0. The highest BCUT2D eigenvalue weighted by atomic mass is 16.5. The van der Waals surface area contributed by atoms with Crippen molar-refractivity contribution in [1.29, 1.82) is 0 Å². The Morgan fingerprint density at radius 1 is 1.03 bits per heavy atom. The minimum Gasteiger partial charge on any atom is -0.379 e. The van der Waals surface area contributed by atoms with E-state index in [1.807, 2.05) is 13.3 Å². The number of aromatic nitrogens is 5. The van der Waals surface area contributed by atoms with Crippen molar-refractivity contribution in [2.45, 2.75) is 32.1 Å². The lowest BCUT2D eigenvalue weighted by Crippen LogP contribution is -2.38. The van der Waals surface area contributed by atoms with Gasteiger partial charge in [-0.25, -0.2) is 4.98 Å². The normalized spacial score (nSPS) is 22.3. The van der Waals surface area contributed by atoms with E-state index in [9.17, 15) is 0 Å². The van der Waals surface area contributed by atoms with Crippen LogP contribution in [0.1, 0.15) is 28.9 Å². The number of morpholine rings is 1. The summed E-state index contributed by atoms with van der Waals surface area (Å²) in [6.07, 6.45) is 10.8. The van der Waals surface area contributed by atoms with Gasteiger partial charge in [0.2, 0.25) is 0 Å². The highest BCUT2D eigenvalue weighted by molar-refractivity contribution is 5.67. The molecule has 1 fully saturated rings. The van der Waals surface area contributed by atoms with Crippen LogP contribution in [0.15, 0.2) is 55.0 Å². The number of hydrogen-bond acceptors (Lipinski definition) is 6. The van der Waals surface area contributed by atoms with Gasteiger partial charge in [-0.3, -0.25) is 4.90 Å². The molecule has 6 rings (SSSR count). The Bertz CT molecular complexity index is 1170. The zero-order valence-electron chi connectivity index (χ0n) is 18.9. The lowest BCUT2D eigenvalue weighted by atomic mass is 10.1. The fourth-order valence-corrected chi connectivity index (χ4v) is 5.10. The number of fused-ring (bicyclic) bond motifs is 3. The number of ether oxygens (including phenoxy) is 1. The third-order valence-electron chi connectivity index (χ3n) is 6.85. The third kappa shape index (κ3) is 3.89. The van der Waals surface area contributed by atoms with E-state index in [1.54, 1.807) is 0 Å². The van der Waals surface area contributed by atoms with E-state index in [2.05, 4.69) is 83.9 Å². The summed E-state index contributed by atoms with van der Waals surface area (Å²) in [5.74, 6) is 1.86. The predicted molar refractivity (Wildman–Crippen MR) is 126 cm³/mol. The van der Waals surface area contributed by atoms with Crippen molar-refractivity contribution in [2.75, 3.05) is 32.8 Å². The van der Waals surface area contributed by atoms with Crippen LogP contribution >= 0.6 is 0 Å². The smallest absolute Gasteiger partial charge is 0.157 e. The molecule has 0 radical (unpaired) electrons. The molecule has 1 aromatic carbocycles. The zero-order valence-corrected chi connectivity index (χ0v) is 18.9. The van der Waals surface area contributed by atoms with Crippen LogP contribution in [0, 0.1) is 6.92 Å². The minimum absolute atomic E-state index is 0.164. The molecule has 0 bridgehead atoms. The lowest BCUT2D eigenvalue weighted by Gasteiger charge is -2.33. The first-order valence-electron chi connectivity index (χ1n) is 11.7. The van der Waals surface area contributed by atoms with Crippen molar-refractivity contribution in [2.24, 2.45) is 0 Å². The number of benzene rings is 1. The van der Waals surface area contributed by atoms with E-state index in [0.717, 1.165) is 63.3 Å². The van der Waals surface area contributed by atoms with Gasteiger partial charge in [-0.1, -0.05) is 36.4 Å². The van der Waals surface area contributed by atoms with E-state index >= 15 is 0 Å². The van der Waals surface area contributed by atoms with Crippen LogP contribution in [0.3, 0.4) is 0 Å². The van der Waals surface area contributed by atoms with Crippen LogP contribution in [0.5, 0.6) is 0 Å². The molecular formula is C25H29N7O. The molecule has 0 saturated carbocycles. The summed E-state index contributed by atoms with van der Waals surface area (Å²) in [6.45, 7) is 8.48. The monoisotopic (exact) mass is 443 g/mol. The molecule has 0 aliphatic carbocycles. The molecule has 2 unspecified atom stereocenters. The first-order valence-corrected chi connectivity index (χ1v) is 11.7. The first kappa shape index (κ1) is 20.4. The lowest BCUT2D eigenvalue weighted by molar-refractivity contribution is 0.0364. The van der Waals surface area contributed by atoms with E-state index in [1.165, 1.54) is 11.3 Å². The van der Waals surface area contributed by atoms with Gasteiger partial charge in [-0.05, 0) is 24.6 Å².